The number of benzene rings is 1. The number of aryl methyl sites for hydroxylation is 1. The molecule has 0 unspecified atom stereocenters. The van der Waals surface area contributed by atoms with Gasteiger partial charge in [0.25, 0.3) is 5.91 Å². The van der Waals surface area contributed by atoms with Crippen molar-refractivity contribution >= 4 is 23.2 Å². The summed E-state index contributed by atoms with van der Waals surface area (Å²) >= 11 is 0. The molecule has 0 spiro atoms. The van der Waals surface area contributed by atoms with Crippen molar-refractivity contribution in [1.82, 2.24) is 24.8 Å². The summed E-state index contributed by atoms with van der Waals surface area (Å²) in [5.74, 6) is 1.33. The molecule has 40 heavy (non-hydrogen) atoms. The van der Waals surface area contributed by atoms with Crippen LogP contribution in [0, 0.1) is 6.92 Å². The minimum Gasteiger partial charge on any atom is -0.369 e. The molecule has 4 aromatic rings. The number of rotatable bonds is 10. The quantitative estimate of drug-likeness (QED) is 0.242. The van der Waals surface area contributed by atoms with Gasteiger partial charge in [-0.3, -0.25) is 14.8 Å². The van der Waals surface area contributed by atoms with E-state index in [0.717, 1.165) is 41.3 Å². The van der Waals surface area contributed by atoms with Gasteiger partial charge in [-0.25, -0.2) is 9.97 Å². The van der Waals surface area contributed by atoms with Crippen LogP contribution in [0.3, 0.4) is 0 Å². The van der Waals surface area contributed by atoms with Crippen LogP contribution in [0.5, 0.6) is 0 Å². The summed E-state index contributed by atoms with van der Waals surface area (Å²) in [7, 11) is 0. The van der Waals surface area contributed by atoms with Crippen molar-refractivity contribution in [3.8, 4) is 11.3 Å². The van der Waals surface area contributed by atoms with Crippen LogP contribution < -0.4 is 16.0 Å². The number of hydrogen-bond acceptors (Lipinski definition) is 8. The lowest BCUT2D eigenvalue weighted by molar-refractivity contribution is 0.102. The van der Waals surface area contributed by atoms with Crippen molar-refractivity contribution < 1.29 is 4.79 Å². The Morgan fingerprint density at radius 3 is 2.60 bits per heavy atom. The van der Waals surface area contributed by atoms with Gasteiger partial charge in [-0.05, 0) is 81.2 Å². The number of carbonyl (C=O) groups excluding carboxylic acids is 1. The third kappa shape index (κ3) is 7.39. The molecule has 1 atom stereocenters. The SMILES string of the molecule is Cc1cncc(C(=O)Nc2cccc([C@H](C)Nc3cncc(-c4ccc(NCCN5CCCCC5)nc4)n3)c2)c1. The van der Waals surface area contributed by atoms with Crippen LogP contribution in [0.15, 0.2) is 73.4 Å². The molecule has 9 nitrogen and oxygen atoms in total. The van der Waals surface area contributed by atoms with Crippen LogP contribution in [0.25, 0.3) is 11.3 Å². The smallest absolute Gasteiger partial charge is 0.257 e. The van der Waals surface area contributed by atoms with Crippen LogP contribution in [-0.2, 0) is 0 Å². The highest BCUT2D eigenvalue weighted by atomic mass is 16.1. The summed E-state index contributed by atoms with van der Waals surface area (Å²) in [5, 5.41) is 9.81. The Balaban J connectivity index is 1.18. The summed E-state index contributed by atoms with van der Waals surface area (Å²) in [6, 6.07) is 13.5. The monoisotopic (exact) mass is 536 g/mol. The fourth-order valence-corrected chi connectivity index (χ4v) is 4.82. The van der Waals surface area contributed by atoms with Crippen molar-refractivity contribution in [2.24, 2.45) is 0 Å². The van der Waals surface area contributed by atoms with Gasteiger partial charge in [-0.15, -0.1) is 0 Å². The Hall–Kier alpha value is -4.37. The fourth-order valence-electron chi connectivity index (χ4n) is 4.82. The van der Waals surface area contributed by atoms with Gasteiger partial charge >= 0.3 is 0 Å². The van der Waals surface area contributed by atoms with Gasteiger partial charge < -0.3 is 20.9 Å². The molecule has 1 saturated heterocycles. The number of piperidine rings is 1. The second kappa shape index (κ2) is 13.1. The maximum absolute atomic E-state index is 12.7. The lowest BCUT2D eigenvalue weighted by atomic mass is 10.1. The number of anilines is 3. The minimum absolute atomic E-state index is 0.0633. The number of pyridine rings is 2. The zero-order valence-corrected chi connectivity index (χ0v) is 23.1. The molecule has 4 heterocycles. The van der Waals surface area contributed by atoms with Crippen molar-refractivity contribution in [3.63, 3.8) is 0 Å². The third-order valence-electron chi connectivity index (χ3n) is 7.02. The van der Waals surface area contributed by atoms with E-state index in [1.165, 1.54) is 32.4 Å². The van der Waals surface area contributed by atoms with Gasteiger partial charge in [0, 0.05) is 42.9 Å². The number of hydrogen-bond donors (Lipinski definition) is 3. The van der Waals surface area contributed by atoms with Gasteiger partial charge in [0.15, 0.2) is 0 Å². The first kappa shape index (κ1) is 27.2. The zero-order valence-electron chi connectivity index (χ0n) is 23.1. The number of amides is 1. The number of nitrogens with zero attached hydrogens (tertiary/aromatic N) is 5. The first-order valence-electron chi connectivity index (χ1n) is 13.9. The van der Waals surface area contributed by atoms with Crippen molar-refractivity contribution in [2.75, 3.05) is 42.1 Å². The molecule has 5 rings (SSSR count). The van der Waals surface area contributed by atoms with Crippen molar-refractivity contribution in [3.05, 3.63) is 90.1 Å². The minimum atomic E-state index is -0.190. The number of likely N-dealkylation sites (tertiary alicyclic amines) is 1. The van der Waals surface area contributed by atoms with E-state index in [1.54, 1.807) is 24.8 Å². The van der Waals surface area contributed by atoms with E-state index in [9.17, 15) is 4.79 Å². The fraction of sp³-hybridized carbons (Fsp3) is 0.323. The van der Waals surface area contributed by atoms with E-state index in [-0.39, 0.29) is 11.9 Å². The molecule has 3 aromatic heterocycles. The van der Waals surface area contributed by atoms with Gasteiger partial charge in [-0.1, -0.05) is 18.6 Å². The Morgan fingerprint density at radius 1 is 0.950 bits per heavy atom. The maximum Gasteiger partial charge on any atom is 0.257 e. The highest BCUT2D eigenvalue weighted by molar-refractivity contribution is 6.04. The Morgan fingerprint density at radius 2 is 1.80 bits per heavy atom. The second-order valence-corrected chi connectivity index (χ2v) is 10.2. The first-order chi connectivity index (χ1) is 19.5. The second-order valence-electron chi connectivity index (χ2n) is 10.2. The predicted molar refractivity (Wildman–Crippen MR) is 159 cm³/mol. The number of carbonyl (C=O) groups is 1. The molecule has 0 radical (unpaired) electrons. The zero-order chi connectivity index (χ0) is 27.7. The van der Waals surface area contributed by atoms with Crippen molar-refractivity contribution in [1.29, 1.82) is 0 Å². The maximum atomic E-state index is 12.7. The average Bonchev–Trinajstić information content (AvgIpc) is 2.98. The molecule has 0 bridgehead atoms. The predicted octanol–water partition coefficient (Wildman–Crippen LogP) is 5.57. The van der Waals surface area contributed by atoms with Gasteiger partial charge in [0.05, 0.1) is 29.7 Å². The summed E-state index contributed by atoms with van der Waals surface area (Å²) < 4.78 is 0. The molecule has 1 aliphatic rings. The number of aromatic nitrogens is 4. The summed E-state index contributed by atoms with van der Waals surface area (Å²) in [6.45, 7) is 8.28. The molecule has 3 N–H and O–H groups in total. The molecule has 1 aromatic carbocycles. The molecule has 9 heteroatoms. The topological polar surface area (TPSA) is 108 Å². The van der Waals surface area contributed by atoms with E-state index >= 15 is 0 Å². The molecular weight excluding hydrogens is 500 g/mol. The normalized spacial score (nSPS) is 14.3. The summed E-state index contributed by atoms with van der Waals surface area (Å²) in [4.78, 5) is 33.0. The van der Waals surface area contributed by atoms with Crippen LogP contribution >= 0.6 is 0 Å². The molecule has 1 fully saturated rings. The average molecular weight is 537 g/mol. The first-order valence-corrected chi connectivity index (χ1v) is 13.9. The highest BCUT2D eigenvalue weighted by Crippen LogP contribution is 2.23. The van der Waals surface area contributed by atoms with E-state index in [2.05, 4.69) is 35.8 Å². The summed E-state index contributed by atoms with van der Waals surface area (Å²) in [5.41, 5.74) is 4.84. The molecular formula is C31H36N8O. The summed E-state index contributed by atoms with van der Waals surface area (Å²) in [6.07, 6.45) is 12.5. The highest BCUT2D eigenvalue weighted by Gasteiger charge is 2.12. The molecule has 206 valence electrons. The molecule has 0 aliphatic carbocycles. The van der Waals surface area contributed by atoms with E-state index in [1.807, 2.05) is 62.5 Å². The van der Waals surface area contributed by atoms with E-state index < -0.39 is 0 Å². The van der Waals surface area contributed by atoms with Crippen molar-refractivity contribution in [2.45, 2.75) is 39.2 Å². The van der Waals surface area contributed by atoms with Crippen LogP contribution in [0.4, 0.5) is 17.3 Å². The largest absolute Gasteiger partial charge is 0.369 e. The van der Waals surface area contributed by atoms with Gasteiger partial charge in [-0.2, -0.15) is 0 Å². The third-order valence-corrected chi connectivity index (χ3v) is 7.02. The molecule has 1 amide bonds. The number of nitrogens with one attached hydrogen (secondary N) is 3. The lowest BCUT2D eigenvalue weighted by Gasteiger charge is -2.26. The Labute approximate surface area is 235 Å². The Kier molecular flexibility index (Phi) is 8.93. The van der Waals surface area contributed by atoms with Crippen LogP contribution in [-0.4, -0.2) is 56.9 Å². The van der Waals surface area contributed by atoms with E-state index in [4.69, 9.17) is 4.98 Å². The Bertz CT molecular complexity index is 1420. The molecule has 0 saturated carbocycles. The van der Waals surface area contributed by atoms with E-state index in [0.29, 0.717) is 17.1 Å². The molecule has 1 aliphatic heterocycles. The van der Waals surface area contributed by atoms with Gasteiger partial charge in [0.2, 0.25) is 0 Å². The van der Waals surface area contributed by atoms with Gasteiger partial charge in [0.1, 0.15) is 11.6 Å². The standard InChI is InChI=1S/C31H36N8O/c1-22-15-26(18-32-17-22)31(40)37-27-8-6-7-24(16-27)23(2)36-30-21-33-20-28(38-30)25-9-10-29(35-19-25)34-11-14-39-12-4-3-5-13-39/h6-10,15-21,23H,3-5,11-14H2,1-2H3,(H,34,35)(H,36,38)(H,37,40)/t23-/m0/s1. The van der Waals surface area contributed by atoms with Crippen LogP contribution in [0.2, 0.25) is 0 Å². The van der Waals surface area contributed by atoms with Crippen LogP contribution in [0.1, 0.15) is 53.7 Å². The lowest BCUT2D eigenvalue weighted by Crippen LogP contribution is -2.33.